The third-order valence-electron chi connectivity index (χ3n) is 4.67. The summed E-state index contributed by atoms with van der Waals surface area (Å²) in [6.45, 7) is 2.25. The van der Waals surface area contributed by atoms with E-state index in [2.05, 4.69) is 4.90 Å². The number of rotatable bonds is 4. The van der Waals surface area contributed by atoms with Gasteiger partial charge in [0.05, 0.1) is 22.9 Å². The summed E-state index contributed by atoms with van der Waals surface area (Å²) in [6, 6.07) is 13.5. The number of furan rings is 1. The first-order chi connectivity index (χ1) is 12.1. The number of benzene rings is 2. The van der Waals surface area contributed by atoms with Crippen molar-refractivity contribution in [2.45, 2.75) is 22.8 Å². The van der Waals surface area contributed by atoms with Gasteiger partial charge < -0.3 is 9.52 Å². The molecule has 3 aromatic rings. The molecule has 0 aliphatic carbocycles. The van der Waals surface area contributed by atoms with Crippen LogP contribution >= 0.6 is 0 Å². The predicted molar refractivity (Wildman–Crippen MR) is 94.2 cm³/mol. The number of aliphatic hydroxyl groups is 1. The van der Waals surface area contributed by atoms with Gasteiger partial charge in [-0.15, -0.1) is 0 Å². The van der Waals surface area contributed by atoms with Crippen molar-refractivity contribution in [1.29, 1.82) is 0 Å². The van der Waals surface area contributed by atoms with Crippen LogP contribution in [0.25, 0.3) is 11.0 Å². The van der Waals surface area contributed by atoms with Crippen LogP contribution in [0.5, 0.6) is 0 Å². The molecule has 2 heterocycles. The van der Waals surface area contributed by atoms with Crippen molar-refractivity contribution >= 4 is 20.8 Å². The molecule has 1 aliphatic rings. The number of hydrogen-bond donors (Lipinski definition) is 1. The molecule has 0 amide bonds. The third-order valence-corrected chi connectivity index (χ3v) is 6.44. The molecule has 130 valence electrons. The second-order valence-electron chi connectivity index (χ2n) is 6.23. The van der Waals surface area contributed by atoms with Crippen LogP contribution in [0.15, 0.2) is 62.7 Å². The Bertz CT molecular complexity index is 1010. The summed E-state index contributed by atoms with van der Waals surface area (Å²) in [5.74, 6) is 0.865. The lowest BCUT2D eigenvalue weighted by molar-refractivity contribution is 0.174. The first-order valence-corrected chi connectivity index (χ1v) is 9.75. The molecule has 1 N–H and O–H groups in total. The minimum atomic E-state index is -3.55. The second-order valence-corrected chi connectivity index (χ2v) is 8.18. The van der Waals surface area contributed by atoms with Crippen LogP contribution in [0.3, 0.4) is 0 Å². The minimum Gasteiger partial charge on any atom is -0.459 e. The van der Waals surface area contributed by atoms with Crippen molar-refractivity contribution in [1.82, 2.24) is 4.90 Å². The van der Waals surface area contributed by atoms with Gasteiger partial charge >= 0.3 is 0 Å². The van der Waals surface area contributed by atoms with Crippen LogP contribution in [-0.2, 0) is 22.8 Å². The van der Waals surface area contributed by atoms with Crippen LogP contribution in [0.2, 0.25) is 0 Å². The van der Waals surface area contributed by atoms with Crippen LogP contribution in [-0.4, -0.2) is 38.1 Å². The van der Waals surface area contributed by atoms with E-state index in [4.69, 9.17) is 9.52 Å². The SMILES string of the molecule is O=S(=O)(c1ccccc1)c1ccc2c3c(oc2c1)CN(CCO)CC3. The summed E-state index contributed by atoms with van der Waals surface area (Å²) < 4.78 is 31.5. The number of aliphatic hydroxyl groups excluding tert-OH is 1. The highest BCUT2D eigenvalue weighted by molar-refractivity contribution is 7.91. The first kappa shape index (κ1) is 16.3. The maximum Gasteiger partial charge on any atom is 0.206 e. The van der Waals surface area contributed by atoms with Gasteiger partial charge in [0, 0.05) is 30.1 Å². The van der Waals surface area contributed by atoms with Crippen molar-refractivity contribution in [2.24, 2.45) is 0 Å². The Hall–Kier alpha value is -2.15. The molecule has 2 aromatic carbocycles. The molecule has 1 aromatic heterocycles. The smallest absolute Gasteiger partial charge is 0.206 e. The zero-order valence-corrected chi connectivity index (χ0v) is 14.5. The molecule has 0 unspecified atom stereocenters. The Morgan fingerprint density at radius 1 is 1.08 bits per heavy atom. The van der Waals surface area contributed by atoms with Gasteiger partial charge in [0.15, 0.2) is 0 Å². The minimum absolute atomic E-state index is 0.120. The van der Waals surface area contributed by atoms with Crippen molar-refractivity contribution in [3.8, 4) is 0 Å². The molecular formula is C19H19NO4S. The predicted octanol–water partition coefficient (Wildman–Crippen LogP) is 2.62. The number of fused-ring (bicyclic) bond motifs is 3. The van der Waals surface area contributed by atoms with Gasteiger partial charge in [0.25, 0.3) is 0 Å². The van der Waals surface area contributed by atoms with Crippen LogP contribution in [0.4, 0.5) is 0 Å². The summed E-state index contributed by atoms with van der Waals surface area (Å²) in [6.07, 6.45) is 0.840. The lowest BCUT2D eigenvalue weighted by Gasteiger charge is -2.24. The molecule has 0 saturated heterocycles. The zero-order chi connectivity index (χ0) is 17.4. The summed E-state index contributed by atoms with van der Waals surface area (Å²) in [7, 11) is -3.55. The van der Waals surface area contributed by atoms with Crippen LogP contribution in [0.1, 0.15) is 11.3 Å². The highest BCUT2D eigenvalue weighted by atomic mass is 32.2. The van der Waals surface area contributed by atoms with E-state index in [-0.39, 0.29) is 16.4 Å². The Kier molecular flexibility index (Phi) is 4.11. The van der Waals surface area contributed by atoms with E-state index in [9.17, 15) is 8.42 Å². The van der Waals surface area contributed by atoms with Crippen molar-refractivity contribution < 1.29 is 17.9 Å². The topological polar surface area (TPSA) is 70.8 Å². The summed E-state index contributed by atoms with van der Waals surface area (Å²) >= 11 is 0. The lowest BCUT2D eigenvalue weighted by atomic mass is 10.0. The molecular weight excluding hydrogens is 338 g/mol. The molecule has 5 nitrogen and oxygen atoms in total. The average Bonchev–Trinajstić information content (AvgIpc) is 2.99. The molecule has 4 rings (SSSR count). The quantitative estimate of drug-likeness (QED) is 0.777. The maximum absolute atomic E-state index is 12.8. The van der Waals surface area contributed by atoms with E-state index in [1.54, 1.807) is 42.5 Å². The average molecular weight is 357 g/mol. The highest BCUT2D eigenvalue weighted by Crippen LogP contribution is 2.33. The first-order valence-electron chi connectivity index (χ1n) is 8.27. The fourth-order valence-electron chi connectivity index (χ4n) is 3.37. The lowest BCUT2D eigenvalue weighted by Crippen LogP contribution is -2.32. The molecule has 25 heavy (non-hydrogen) atoms. The molecule has 6 heteroatoms. The molecule has 1 aliphatic heterocycles. The fraction of sp³-hybridized carbons (Fsp3) is 0.263. The number of sulfone groups is 1. The Labute approximate surface area is 146 Å². The van der Waals surface area contributed by atoms with Crippen LogP contribution in [0, 0.1) is 0 Å². The Morgan fingerprint density at radius 2 is 1.88 bits per heavy atom. The monoisotopic (exact) mass is 357 g/mol. The van der Waals surface area contributed by atoms with Gasteiger partial charge in [-0.3, -0.25) is 4.90 Å². The van der Waals surface area contributed by atoms with E-state index in [1.807, 2.05) is 6.07 Å². The molecule has 0 radical (unpaired) electrons. The Balaban J connectivity index is 1.75. The van der Waals surface area contributed by atoms with Gasteiger partial charge in [0.1, 0.15) is 11.3 Å². The van der Waals surface area contributed by atoms with E-state index in [0.717, 1.165) is 29.7 Å². The van der Waals surface area contributed by atoms with Gasteiger partial charge in [-0.2, -0.15) is 0 Å². The normalized spacial score (nSPS) is 15.4. The third kappa shape index (κ3) is 2.86. The molecule has 0 atom stereocenters. The fourth-order valence-corrected chi connectivity index (χ4v) is 4.67. The number of hydrogen-bond acceptors (Lipinski definition) is 5. The van der Waals surface area contributed by atoms with Crippen LogP contribution < -0.4 is 0 Å². The number of nitrogens with zero attached hydrogens (tertiary/aromatic N) is 1. The summed E-state index contributed by atoms with van der Waals surface area (Å²) in [5, 5.41) is 10.1. The molecule has 0 bridgehead atoms. The highest BCUT2D eigenvalue weighted by Gasteiger charge is 2.24. The van der Waals surface area contributed by atoms with Gasteiger partial charge in [-0.25, -0.2) is 8.42 Å². The summed E-state index contributed by atoms with van der Waals surface area (Å²) in [5.41, 5.74) is 1.75. The molecule has 0 fully saturated rings. The molecule has 0 spiro atoms. The Morgan fingerprint density at radius 3 is 2.64 bits per heavy atom. The van der Waals surface area contributed by atoms with Crippen molar-refractivity contribution in [2.75, 3.05) is 19.7 Å². The van der Waals surface area contributed by atoms with E-state index >= 15 is 0 Å². The molecule has 0 saturated carbocycles. The van der Waals surface area contributed by atoms with Crippen molar-refractivity contribution in [3.63, 3.8) is 0 Å². The number of β-amino-alcohol motifs (C(OH)–C–C–N with tert-alkyl or cyclic N) is 1. The van der Waals surface area contributed by atoms with E-state index in [1.165, 1.54) is 0 Å². The van der Waals surface area contributed by atoms with Gasteiger partial charge in [0.2, 0.25) is 9.84 Å². The zero-order valence-electron chi connectivity index (χ0n) is 13.7. The maximum atomic E-state index is 12.8. The van der Waals surface area contributed by atoms with Crippen molar-refractivity contribution in [3.05, 3.63) is 59.9 Å². The standard InChI is InChI=1S/C19H19NO4S/c21-11-10-20-9-8-17-16-7-6-15(12-18(16)24-19(17)13-20)25(22,23)14-4-2-1-3-5-14/h1-7,12,21H,8-11,13H2. The van der Waals surface area contributed by atoms with Gasteiger partial charge in [-0.1, -0.05) is 18.2 Å². The largest absolute Gasteiger partial charge is 0.459 e. The van der Waals surface area contributed by atoms with E-state index in [0.29, 0.717) is 18.7 Å². The second kappa shape index (κ2) is 6.29. The van der Waals surface area contributed by atoms with Gasteiger partial charge in [-0.05, 0) is 30.7 Å². The van der Waals surface area contributed by atoms with E-state index < -0.39 is 9.84 Å². The summed E-state index contributed by atoms with van der Waals surface area (Å²) in [4.78, 5) is 2.65.